The molecule has 102 valence electrons. The molecule has 1 aromatic rings. The van der Waals surface area contributed by atoms with Crippen LogP contribution in [0, 0.1) is 11.8 Å². The van der Waals surface area contributed by atoms with Crippen LogP contribution in [0.4, 0.5) is 0 Å². The summed E-state index contributed by atoms with van der Waals surface area (Å²) < 4.78 is 0. The largest absolute Gasteiger partial charge is 0.481 e. The number of carbonyl (C=O) groups is 2. The molecule has 1 fully saturated rings. The van der Waals surface area contributed by atoms with Gasteiger partial charge in [-0.3, -0.25) is 9.59 Å². The van der Waals surface area contributed by atoms with Crippen LogP contribution in [-0.4, -0.2) is 40.1 Å². The molecule has 2 atom stereocenters. The number of likely N-dealkylation sites (tertiary alicyclic amines) is 1. The topological polar surface area (TPSA) is 77.8 Å². The summed E-state index contributed by atoms with van der Waals surface area (Å²) in [5, 5.41) is 18.0. The van der Waals surface area contributed by atoms with Gasteiger partial charge in [0, 0.05) is 18.7 Å². The molecular weight excluding hydrogens is 246 g/mol. The summed E-state index contributed by atoms with van der Waals surface area (Å²) in [5.74, 6) is -1.52. The first-order valence-corrected chi connectivity index (χ1v) is 6.24. The zero-order valence-corrected chi connectivity index (χ0v) is 10.7. The summed E-state index contributed by atoms with van der Waals surface area (Å²) in [5.41, 5.74) is 1.27. The second-order valence-electron chi connectivity index (χ2n) is 4.99. The third-order valence-electron chi connectivity index (χ3n) is 3.60. The van der Waals surface area contributed by atoms with Crippen molar-refractivity contribution in [2.45, 2.75) is 13.5 Å². The van der Waals surface area contributed by atoms with E-state index in [1.807, 2.05) is 6.92 Å². The van der Waals surface area contributed by atoms with Gasteiger partial charge in [0.25, 0.3) is 5.91 Å². The molecule has 1 heterocycles. The van der Waals surface area contributed by atoms with Crippen LogP contribution in [0.2, 0.25) is 0 Å². The average Bonchev–Trinajstić information content (AvgIpc) is 2.80. The molecule has 5 heteroatoms. The van der Waals surface area contributed by atoms with E-state index >= 15 is 0 Å². The van der Waals surface area contributed by atoms with Gasteiger partial charge in [-0.1, -0.05) is 19.1 Å². The van der Waals surface area contributed by atoms with Crippen molar-refractivity contribution in [2.75, 3.05) is 13.1 Å². The Labute approximate surface area is 111 Å². The van der Waals surface area contributed by atoms with Crippen molar-refractivity contribution >= 4 is 11.9 Å². The van der Waals surface area contributed by atoms with Crippen molar-refractivity contribution in [2.24, 2.45) is 11.8 Å². The average molecular weight is 263 g/mol. The van der Waals surface area contributed by atoms with E-state index in [9.17, 15) is 9.59 Å². The van der Waals surface area contributed by atoms with Crippen molar-refractivity contribution in [3.05, 3.63) is 35.4 Å². The molecule has 1 amide bonds. The molecule has 0 aromatic heterocycles. The van der Waals surface area contributed by atoms with Gasteiger partial charge in [0.1, 0.15) is 0 Å². The lowest BCUT2D eigenvalue weighted by atomic mass is 9.99. The van der Waals surface area contributed by atoms with Crippen LogP contribution in [0.1, 0.15) is 22.8 Å². The number of rotatable bonds is 3. The number of amides is 1. The number of carbonyl (C=O) groups excluding carboxylic acids is 1. The van der Waals surface area contributed by atoms with Gasteiger partial charge in [-0.25, -0.2) is 0 Å². The van der Waals surface area contributed by atoms with E-state index in [0.29, 0.717) is 12.1 Å². The number of aliphatic hydroxyl groups is 1. The summed E-state index contributed by atoms with van der Waals surface area (Å²) in [6.45, 7) is 2.52. The second-order valence-corrected chi connectivity index (χ2v) is 4.99. The molecule has 1 aliphatic rings. The summed E-state index contributed by atoms with van der Waals surface area (Å²) >= 11 is 0. The smallest absolute Gasteiger partial charge is 0.308 e. The third kappa shape index (κ3) is 2.76. The fourth-order valence-electron chi connectivity index (χ4n) is 2.39. The Kier molecular flexibility index (Phi) is 3.85. The van der Waals surface area contributed by atoms with Crippen LogP contribution >= 0.6 is 0 Å². The van der Waals surface area contributed by atoms with Crippen molar-refractivity contribution in [1.82, 2.24) is 4.90 Å². The van der Waals surface area contributed by atoms with Gasteiger partial charge in [0.05, 0.1) is 12.5 Å². The number of aliphatic hydroxyl groups excluding tert-OH is 1. The van der Waals surface area contributed by atoms with Gasteiger partial charge in [-0.05, 0) is 23.6 Å². The van der Waals surface area contributed by atoms with Crippen molar-refractivity contribution < 1.29 is 19.8 Å². The van der Waals surface area contributed by atoms with Crippen molar-refractivity contribution in [3.63, 3.8) is 0 Å². The van der Waals surface area contributed by atoms with Gasteiger partial charge >= 0.3 is 5.97 Å². The molecule has 0 spiro atoms. The Morgan fingerprint density at radius 3 is 2.37 bits per heavy atom. The minimum absolute atomic E-state index is 0.0295. The lowest BCUT2D eigenvalue weighted by Gasteiger charge is -2.16. The molecule has 2 N–H and O–H groups in total. The van der Waals surface area contributed by atoms with E-state index in [1.165, 1.54) is 0 Å². The standard InChI is InChI=1S/C14H17NO4/c1-9-6-15(7-12(9)14(18)19)13(17)11-4-2-10(8-16)3-5-11/h2-5,9,12,16H,6-8H2,1H3,(H,18,19)/t9-,12-/m1/s1. The molecule has 1 saturated heterocycles. The Morgan fingerprint density at radius 1 is 1.26 bits per heavy atom. The predicted octanol–water partition coefficient (Wildman–Crippen LogP) is 0.972. The maximum absolute atomic E-state index is 12.2. The summed E-state index contributed by atoms with van der Waals surface area (Å²) in [7, 11) is 0. The number of aliphatic carboxylic acids is 1. The zero-order valence-electron chi connectivity index (χ0n) is 10.7. The monoisotopic (exact) mass is 263 g/mol. The highest BCUT2D eigenvalue weighted by molar-refractivity contribution is 5.94. The van der Waals surface area contributed by atoms with Crippen LogP contribution in [0.25, 0.3) is 0 Å². The first-order chi connectivity index (χ1) is 9.02. The molecule has 1 aliphatic heterocycles. The lowest BCUT2D eigenvalue weighted by Crippen LogP contribution is -2.29. The molecule has 0 aliphatic carbocycles. The lowest BCUT2D eigenvalue weighted by molar-refractivity contribution is -0.142. The quantitative estimate of drug-likeness (QED) is 0.852. The fraction of sp³-hybridized carbons (Fsp3) is 0.429. The molecule has 1 aromatic carbocycles. The van der Waals surface area contributed by atoms with Gasteiger partial charge in [0.15, 0.2) is 0 Å². The number of hydrogen-bond donors (Lipinski definition) is 2. The van der Waals surface area contributed by atoms with Crippen LogP contribution < -0.4 is 0 Å². The number of hydrogen-bond acceptors (Lipinski definition) is 3. The van der Waals surface area contributed by atoms with Crippen LogP contribution in [0.15, 0.2) is 24.3 Å². The van der Waals surface area contributed by atoms with E-state index in [4.69, 9.17) is 10.2 Å². The number of benzene rings is 1. The van der Waals surface area contributed by atoms with Gasteiger partial charge in [0.2, 0.25) is 0 Å². The van der Waals surface area contributed by atoms with Gasteiger partial charge < -0.3 is 15.1 Å². The molecule has 5 nitrogen and oxygen atoms in total. The maximum atomic E-state index is 12.2. The minimum atomic E-state index is -0.849. The molecule has 0 bridgehead atoms. The SMILES string of the molecule is C[C@@H]1CN(C(=O)c2ccc(CO)cc2)C[C@H]1C(=O)O. The van der Waals surface area contributed by atoms with E-state index in [-0.39, 0.29) is 25.0 Å². The van der Waals surface area contributed by atoms with Crippen LogP contribution in [-0.2, 0) is 11.4 Å². The molecule has 19 heavy (non-hydrogen) atoms. The number of carboxylic acid groups (broad SMARTS) is 1. The maximum Gasteiger partial charge on any atom is 0.308 e. The van der Waals surface area contributed by atoms with Crippen molar-refractivity contribution in [1.29, 1.82) is 0 Å². The molecule has 2 rings (SSSR count). The summed E-state index contributed by atoms with van der Waals surface area (Å²) in [4.78, 5) is 24.8. The number of nitrogens with zero attached hydrogens (tertiary/aromatic N) is 1. The Morgan fingerprint density at radius 2 is 1.89 bits per heavy atom. The minimum Gasteiger partial charge on any atom is -0.481 e. The van der Waals surface area contributed by atoms with Gasteiger partial charge in [-0.15, -0.1) is 0 Å². The molecule has 0 radical (unpaired) electrons. The van der Waals surface area contributed by atoms with E-state index in [0.717, 1.165) is 5.56 Å². The molecule has 0 unspecified atom stereocenters. The third-order valence-corrected chi connectivity index (χ3v) is 3.60. The highest BCUT2D eigenvalue weighted by atomic mass is 16.4. The second kappa shape index (κ2) is 5.40. The van der Waals surface area contributed by atoms with Crippen LogP contribution in [0.3, 0.4) is 0 Å². The normalized spacial score (nSPS) is 22.5. The fourth-order valence-corrected chi connectivity index (χ4v) is 2.39. The number of carboxylic acids is 1. The first-order valence-electron chi connectivity index (χ1n) is 6.24. The molecular formula is C14H17NO4. The predicted molar refractivity (Wildman–Crippen MR) is 68.6 cm³/mol. The summed E-state index contributed by atoms with van der Waals surface area (Å²) in [6, 6.07) is 6.71. The van der Waals surface area contributed by atoms with Crippen LogP contribution in [0.5, 0.6) is 0 Å². The van der Waals surface area contributed by atoms with Crippen molar-refractivity contribution in [3.8, 4) is 0 Å². The van der Waals surface area contributed by atoms with E-state index in [1.54, 1.807) is 29.2 Å². The Bertz CT molecular complexity index is 483. The zero-order chi connectivity index (χ0) is 14.0. The Balaban J connectivity index is 2.10. The Hall–Kier alpha value is -1.88. The summed E-state index contributed by atoms with van der Waals surface area (Å²) in [6.07, 6.45) is 0. The highest BCUT2D eigenvalue weighted by Crippen LogP contribution is 2.24. The first kappa shape index (κ1) is 13.5. The molecule has 0 saturated carbocycles. The highest BCUT2D eigenvalue weighted by Gasteiger charge is 2.37. The van der Waals surface area contributed by atoms with Gasteiger partial charge in [-0.2, -0.15) is 0 Å². The van der Waals surface area contributed by atoms with E-state index < -0.39 is 11.9 Å². The van der Waals surface area contributed by atoms with E-state index in [2.05, 4.69) is 0 Å².